The van der Waals surface area contributed by atoms with Gasteiger partial charge in [0.25, 0.3) is 0 Å². The van der Waals surface area contributed by atoms with E-state index in [9.17, 15) is 0 Å². The summed E-state index contributed by atoms with van der Waals surface area (Å²) in [4.78, 5) is 8.68. The van der Waals surface area contributed by atoms with Crippen LogP contribution in [-0.4, -0.2) is 9.97 Å². The Labute approximate surface area is 212 Å². The normalized spacial score (nSPS) is 10.4. The molecular formula is C30H22IrN2O-2. The van der Waals surface area contributed by atoms with Crippen molar-refractivity contribution in [2.45, 2.75) is 13.8 Å². The van der Waals surface area contributed by atoms with Gasteiger partial charge in [-0.1, -0.05) is 67.3 Å². The molecule has 0 amide bonds. The molecule has 0 aliphatic heterocycles. The Balaban J connectivity index is 0.000000164. The summed E-state index contributed by atoms with van der Waals surface area (Å²) in [5, 5.41) is 2.23. The molecule has 169 valence electrons. The van der Waals surface area contributed by atoms with Crippen LogP contribution in [0.4, 0.5) is 0 Å². The number of furan rings is 1. The van der Waals surface area contributed by atoms with Gasteiger partial charge in [0.05, 0.1) is 5.58 Å². The van der Waals surface area contributed by atoms with Crippen molar-refractivity contribution in [3.8, 4) is 22.5 Å². The first kappa shape index (κ1) is 23.6. The van der Waals surface area contributed by atoms with E-state index in [0.717, 1.165) is 50.0 Å². The Morgan fingerprint density at radius 1 is 0.735 bits per heavy atom. The van der Waals surface area contributed by atoms with Crippen LogP contribution < -0.4 is 0 Å². The molecule has 34 heavy (non-hydrogen) atoms. The van der Waals surface area contributed by atoms with Gasteiger partial charge >= 0.3 is 0 Å². The van der Waals surface area contributed by atoms with Gasteiger partial charge in [-0.2, -0.15) is 0 Å². The van der Waals surface area contributed by atoms with E-state index in [0.29, 0.717) is 0 Å². The molecule has 3 aromatic carbocycles. The molecule has 0 aliphatic carbocycles. The number of hydrogen-bond acceptors (Lipinski definition) is 3. The monoisotopic (exact) mass is 619 g/mol. The quantitative estimate of drug-likeness (QED) is 0.188. The van der Waals surface area contributed by atoms with E-state index in [2.05, 4.69) is 54.1 Å². The van der Waals surface area contributed by atoms with Crippen molar-refractivity contribution in [3.63, 3.8) is 0 Å². The topological polar surface area (TPSA) is 38.9 Å². The summed E-state index contributed by atoms with van der Waals surface area (Å²) in [6.45, 7) is 4.15. The number of nitrogens with zero attached hydrogens (tertiary/aromatic N) is 2. The minimum Gasteiger partial charge on any atom is -0.501 e. The SMILES string of the molecule is Cc1[c-]c(-c2ccccn2)cc(C)c1.[Ir].[c-]1ccc2c(oc3ccccc32)c1-c1ccccn1. The van der Waals surface area contributed by atoms with Crippen LogP contribution in [-0.2, 0) is 20.1 Å². The molecule has 0 bridgehead atoms. The van der Waals surface area contributed by atoms with E-state index in [1.54, 1.807) is 12.4 Å². The Morgan fingerprint density at radius 3 is 2.15 bits per heavy atom. The standard InChI is InChI=1S/C17H10NO.C13H12N.Ir/c1-2-10-16-12(6-1)13-7-5-8-14(17(13)19-16)15-9-3-4-11-18-15;1-10-7-11(2)9-12(8-10)13-5-3-4-6-14-13;/h1-7,9-11H;3-8H,1-2H3;/q2*-1;. The number of fused-ring (bicyclic) bond motifs is 3. The van der Waals surface area contributed by atoms with Gasteiger partial charge < -0.3 is 14.4 Å². The summed E-state index contributed by atoms with van der Waals surface area (Å²) in [7, 11) is 0. The zero-order valence-electron chi connectivity index (χ0n) is 18.9. The Bertz CT molecular complexity index is 1510. The van der Waals surface area contributed by atoms with Crippen LogP contribution in [0, 0.1) is 26.0 Å². The third kappa shape index (κ3) is 4.99. The third-order valence-corrected chi connectivity index (χ3v) is 5.35. The molecule has 0 fully saturated rings. The van der Waals surface area contributed by atoms with Crippen LogP contribution in [0.5, 0.6) is 0 Å². The van der Waals surface area contributed by atoms with Crippen molar-refractivity contribution in [1.29, 1.82) is 0 Å². The van der Waals surface area contributed by atoms with E-state index >= 15 is 0 Å². The van der Waals surface area contributed by atoms with Gasteiger partial charge in [-0.3, -0.25) is 0 Å². The summed E-state index contributed by atoms with van der Waals surface area (Å²) < 4.78 is 5.97. The molecule has 0 saturated carbocycles. The summed E-state index contributed by atoms with van der Waals surface area (Å²) in [6, 6.07) is 34.5. The largest absolute Gasteiger partial charge is 0.501 e. The van der Waals surface area contributed by atoms with Crippen LogP contribution in [0.25, 0.3) is 44.5 Å². The van der Waals surface area contributed by atoms with Crippen LogP contribution in [0.2, 0.25) is 0 Å². The van der Waals surface area contributed by atoms with Gasteiger partial charge in [0, 0.05) is 37.9 Å². The van der Waals surface area contributed by atoms with Crippen LogP contribution in [0.15, 0.2) is 102 Å². The van der Waals surface area contributed by atoms with E-state index < -0.39 is 0 Å². The minimum atomic E-state index is 0. The maximum Gasteiger partial charge on any atom is 0.120 e. The average molecular weight is 619 g/mol. The van der Waals surface area contributed by atoms with E-state index in [1.807, 2.05) is 66.7 Å². The van der Waals surface area contributed by atoms with Crippen molar-refractivity contribution < 1.29 is 24.5 Å². The molecule has 3 heterocycles. The number of pyridine rings is 2. The maximum absolute atomic E-state index is 5.97. The molecule has 3 nitrogen and oxygen atoms in total. The van der Waals surface area contributed by atoms with Crippen molar-refractivity contribution in [2.75, 3.05) is 0 Å². The molecule has 3 aromatic heterocycles. The van der Waals surface area contributed by atoms with Crippen molar-refractivity contribution in [3.05, 3.63) is 121 Å². The molecule has 4 heteroatoms. The number of rotatable bonds is 2. The Kier molecular flexibility index (Phi) is 7.32. The van der Waals surface area contributed by atoms with E-state index in [-0.39, 0.29) is 20.1 Å². The van der Waals surface area contributed by atoms with Gasteiger partial charge in [0.2, 0.25) is 0 Å². The van der Waals surface area contributed by atoms with Gasteiger partial charge in [0.1, 0.15) is 5.58 Å². The van der Waals surface area contributed by atoms with Crippen molar-refractivity contribution in [2.24, 2.45) is 0 Å². The molecule has 0 aliphatic rings. The third-order valence-electron chi connectivity index (χ3n) is 5.35. The van der Waals surface area contributed by atoms with E-state index in [4.69, 9.17) is 4.42 Å². The molecule has 0 atom stereocenters. The number of hydrogen-bond donors (Lipinski definition) is 0. The maximum atomic E-state index is 5.97. The fourth-order valence-electron chi connectivity index (χ4n) is 3.95. The Morgan fingerprint density at radius 2 is 1.44 bits per heavy atom. The van der Waals surface area contributed by atoms with Crippen molar-refractivity contribution >= 4 is 21.9 Å². The second-order valence-corrected chi connectivity index (χ2v) is 7.88. The molecular weight excluding hydrogens is 597 g/mol. The second kappa shape index (κ2) is 10.6. The molecule has 0 spiro atoms. The zero-order valence-corrected chi connectivity index (χ0v) is 21.3. The summed E-state index contributed by atoms with van der Waals surface area (Å²) >= 11 is 0. The molecule has 6 aromatic rings. The second-order valence-electron chi connectivity index (χ2n) is 7.88. The van der Waals surface area contributed by atoms with Gasteiger partial charge in [-0.05, 0) is 29.6 Å². The average Bonchev–Trinajstić information content (AvgIpc) is 3.24. The van der Waals surface area contributed by atoms with Crippen LogP contribution in [0.3, 0.4) is 0 Å². The molecule has 0 saturated heterocycles. The van der Waals surface area contributed by atoms with Gasteiger partial charge in [-0.15, -0.1) is 53.1 Å². The number of para-hydroxylation sites is 1. The summed E-state index contributed by atoms with van der Waals surface area (Å²) in [5.74, 6) is 0. The summed E-state index contributed by atoms with van der Waals surface area (Å²) in [5.41, 5.74) is 8.01. The first-order valence-corrected chi connectivity index (χ1v) is 10.8. The van der Waals surface area contributed by atoms with E-state index in [1.165, 1.54) is 5.56 Å². The zero-order chi connectivity index (χ0) is 22.6. The van der Waals surface area contributed by atoms with Gasteiger partial charge in [-0.25, -0.2) is 0 Å². The summed E-state index contributed by atoms with van der Waals surface area (Å²) in [6.07, 6.45) is 3.59. The Hall–Kier alpha value is -3.59. The number of aryl methyl sites for hydroxylation is 2. The minimum absolute atomic E-state index is 0. The van der Waals surface area contributed by atoms with Crippen LogP contribution in [0.1, 0.15) is 11.1 Å². The molecule has 0 unspecified atom stereocenters. The predicted molar refractivity (Wildman–Crippen MR) is 134 cm³/mol. The van der Waals surface area contributed by atoms with Crippen LogP contribution >= 0.6 is 0 Å². The van der Waals surface area contributed by atoms with Gasteiger partial charge in [0.15, 0.2) is 0 Å². The fourth-order valence-corrected chi connectivity index (χ4v) is 3.95. The smallest absolute Gasteiger partial charge is 0.120 e. The predicted octanol–water partition coefficient (Wildman–Crippen LogP) is 7.61. The number of benzene rings is 3. The molecule has 6 rings (SSSR count). The molecule has 0 N–H and O–H groups in total. The van der Waals surface area contributed by atoms with Crippen molar-refractivity contribution in [1.82, 2.24) is 9.97 Å². The number of aromatic nitrogens is 2. The molecule has 1 radical (unpaired) electrons. The fraction of sp³-hybridized carbons (Fsp3) is 0.0667. The first-order valence-electron chi connectivity index (χ1n) is 10.8. The first-order chi connectivity index (χ1) is 16.2.